The molecule has 0 aromatic heterocycles. The first kappa shape index (κ1) is 9.56. The first-order chi connectivity index (χ1) is 5.84. The van der Waals surface area contributed by atoms with E-state index in [0.29, 0.717) is 0 Å². The Bertz CT molecular complexity index is 137. The van der Waals surface area contributed by atoms with E-state index in [4.69, 9.17) is 0 Å². The average molecular weight is 168 g/mol. The minimum Gasteiger partial charge on any atom is -0.359 e. The summed E-state index contributed by atoms with van der Waals surface area (Å²) < 4.78 is 0. The van der Waals surface area contributed by atoms with E-state index in [1.807, 2.05) is 0 Å². The normalized spacial score (nSPS) is 21.1. The minimum atomic E-state index is 0.233. The quantitative estimate of drug-likeness (QED) is 0.636. The van der Waals surface area contributed by atoms with Crippen molar-refractivity contribution in [2.24, 2.45) is 5.92 Å². The van der Waals surface area contributed by atoms with Crippen molar-refractivity contribution in [1.29, 1.82) is 0 Å². The standard InChI is InChI=1S/C10H18NO/c1-11-10(12)9-7-5-3-2-4-6-8-9/h2,9H,3-8H2,1H3,(H,11,12). The van der Waals surface area contributed by atoms with Crippen LogP contribution in [-0.2, 0) is 4.79 Å². The van der Waals surface area contributed by atoms with Crippen LogP contribution in [-0.4, -0.2) is 13.0 Å². The van der Waals surface area contributed by atoms with Crippen LogP contribution in [0.5, 0.6) is 0 Å². The summed E-state index contributed by atoms with van der Waals surface area (Å²) in [6, 6.07) is 0. The van der Waals surface area contributed by atoms with Gasteiger partial charge in [0.15, 0.2) is 0 Å². The average Bonchev–Trinajstić information content (AvgIpc) is 2.02. The van der Waals surface area contributed by atoms with Crippen LogP contribution >= 0.6 is 0 Å². The maximum absolute atomic E-state index is 11.3. The monoisotopic (exact) mass is 168 g/mol. The van der Waals surface area contributed by atoms with Crippen molar-refractivity contribution < 1.29 is 4.79 Å². The van der Waals surface area contributed by atoms with E-state index in [9.17, 15) is 4.79 Å². The molecule has 1 aliphatic rings. The van der Waals surface area contributed by atoms with Crippen LogP contribution < -0.4 is 5.32 Å². The van der Waals surface area contributed by atoms with Crippen molar-refractivity contribution in [2.45, 2.75) is 38.5 Å². The first-order valence-electron chi connectivity index (χ1n) is 4.88. The van der Waals surface area contributed by atoms with Crippen LogP contribution in [0.25, 0.3) is 0 Å². The molecule has 1 radical (unpaired) electrons. The lowest BCUT2D eigenvalue weighted by Crippen LogP contribution is -2.27. The predicted octanol–water partition coefficient (Wildman–Crippen LogP) is 1.91. The van der Waals surface area contributed by atoms with Gasteiger partial charge in [0.05, 0.1) is 0 Å². The summed E-state index contributed by atoms with van der Waals surface area (Å²) in [4.78, 5) is 11.3. The van der Waals surface area contributed by atoms with Crippen molar-refractivity contribution in [1.82, 2.24) is 5.32 Å². The molecule has 0 aromatic carbocycles. The van der Waals surface area contributed by atoms with Gasteiger partial charge in [0.1, 0.15) is 0 Å². The zero-order chi connectivity index (χ0) is 8.81. The summed E-state index contributed by atoms with van der Waals surface area (Å²) in [5.41, 5.74) is 0. The second-order valence-electron chi connectivity index (χ2n) is 3.46. The molecule has 0 unspecified atom stereocenters. The SMILES string of the molecule is CNC(=O)C1CCC[CH]CCC1. The Kier molecular flexibility index (Phi) is 4.12. The lowest BCUT2D eigenvalue weighted by Gasteiger charge is -2.17. The van der Waals surface area contributed by atoms with Crippen LogP contribution in [0.3, 0.4) is 0 Å². The fourth-order valence-corrected chi connectivity index (χ4v) is 1.77. The number of carbonyl (C=O) groups excluding carboxylic acids is 1. The second kappa shape index (κ2) is 5.18. The zero-order valence-corrected chi connectivity index (χ0v) is 7.81. The van der Waals surface area contributed by atoms with Gasteiger partial charge in [-0.15, -0.1) is 0 Å². The summed E-state index contributed by atoms with van der Waals surface area (Å²) in [6.45, 7) is 0. The number of nitrogens with one attached hydrogen (secondary N) is 1. The third-order valence-corrected chi connectivity index (χ3v) is 2.54. The summed E-state index contributed by atoms with van der Waals surface area (Å²) in [5, 5.41) is 2.73. The second-order valence-corrected chi connectivity index (χ2v) is 3.46. The topological polar surface area (TPSA) is 29.1 Å². The molecule has 0 saturated heterocycles. The molecule has 0 atom stereocenters. The Hall–Kier alpha value is -0.530. The highest BCUT2D eigenvalue weighted by atomic mass is 16.1. The Morgan fingerprint density at radius 1 is 1.33 bits per heavy atom. The Labute approximate surface area is 74.7 Å². The molecule has 69 valence electrons. The molecular formula is C10H18NO. The molecule has 2 heteroatoms. The van der Waals surface area contributed by atoms with Crippen molar-refractivity contribution in [3.63, 3.8) is 0 Å². The number of hydrogen-bond donors (Lipinski definition) is 1. The lowest BCUT2D eigenvalue weighted by atomic mass is 9.91. The molecule has 2 nitrogen and oxygen atoms in total. The van der Waals surface area contributed by atoms with Gasteiger partial charge in [0, 0.05) is 13.0 Å². The Morgan fingerprint density at radius 3 is 2.42 bits per heavy atom. The summed E-state index contributed by atoms with van der Waals surface area (Å²) in [6.07, 6.45) is 9.21. The molecule has 1 amide bonds. The van der Waals surface area contributed by atoms with Crippen LogP contribution in [0.15, 0.2) is 0 Å². The highest BCUT2D eigenvalue weighted by Crippen LogP contribution is 2.21. The van der Waals surface area contributed by atoms with Crippen LogP contribution in [0.4, 0.5) is 0 Å². The van der Waals surface area contributed by atoms with Crippen molar-refractivity contribution in [2.75, 3.05) is 7.05 Å². The molecule has 12 heavy (non-hydrogen) atoms. The van der Waals surface area contributed by atoms with Gasteiger partial charge in [-0.25, -0.2) is 0 Å². The van der Waals surface area contributed by atoms with Gasteiger partial charge < -0.3 is 5.32 Å². The number of carbonyl (C=O) groups is 1. The molecule has 0 bridgehead atoms. The van der Waals surface area contributed by atoms with Crippen LogP contribution in [0, 0.1) is 12.3 Å². The number of hydrogen-bond acceptors (Lipinski definition) is 1. The van der Waals surface area contributed by atoms with E-state index >= 15 is 0 Å². The molecule has 1 fully saturated rings. The van der Waals surface area contributed by atoms with Crippen LogP contribution in [0.2, 0.25) is 0 Å². The Morgan fingerprint density at radius 2 is 1.92 bits per heavy atom. The highest BCUT2D eigenvalue weighted by molar-refractivity contribution is 5.78. The van der Waals surface area contributed by atoms with E-state index in [0.717, 1.165) is 12.8 Å². The van der Waals surface area contributed by atoms with Crippen molar-refractivity contribution >= 4 is 5.91 Å². The lowest BCUT2D eigenvalue weighted by molar-refractivity contribution is -0.125. The Balaban J connectivity index is 2.34. The van der Waals surface area contributed by atoms with Crippen molar-refractivity contribution in [3.8, 4) is 0 Å². The molecular weight excluding hydrogens is 150 g/mol. The smallest absolute Gasteiger partial charge is 0.222 e. The summed E-state index contributed by atoms with van der Waals surface area (Å²) in [5.74, 6) is 0.514. The van der Waals surface area contributed by atoms with E-state index in [-0.39, 0.29) is 11.8 Å². The highest BCUT2D eigenvalue weighted by Gasteiger charge is 2.17. The van der Waals surface area contributed by atoms with Gasteiger partial charge in [-0.05, 0) is 19.3 Å². The number of amides is 1. The fraction of sp³-hybridized carbons (Fsp3) is 0.800. The van der Waals surface area contributed by atoms with Gasteiger partial charge in [0.2, 0.25) is 5.91 Å². The molecule has 0 aromatic rings. The molecule has 1 N–H and O–H groups in total. The van der Waals surface area contributed by atoms with Gasteiger partial charge >= 0.3 is 0 Å². The van der Waals surface area contributed by atoms with Gasteiger partial charge in [-0.2, -0.15) is 0 Å². The predicted molar refractivity (Wildman–Crippen MR) is 49.6 cm³/mol. The minimum absolute atomic E-state index is 0.233. The third kappa shape index (κ3) is 2.84. The van der Waals surface area contributed by atoms with Crippen molar-refractivity contribution in [3.05, 3.63) is 6.42 Å². The van der Waals surface area contributed by atoms with Gasteiger partial charge in [-0.1, -0.05) is 25.7 Å². The van der Waals surface area contributed by atoms with Gasteiger partial charge in [0.25, 0.3) is 0 Å². The molecule has 1 aliphatic carbocycles. The molecule has 0 spiro atoms. The zero-order valence-electron chi connectivity index (χ0n) is 7.81. The molecule has 1 rings (SSSR count). The van der Waals surface area contributed by atoms with E-state index in [1.165, 1.54) is 25.7 Å². The van der Waals surface area contributed by atoms with E-state index in [1.54, 1.807) is 7.05 Å². The summed E-state index contributed by atoms with van der Waals surface area (Å²) >= 11 is 0. The largest absolute Gasteiger partial charge is 0.359 e. The van der Waals surface area contributed by atoms with Crippen LogP contribution in [0.1, 0.15) is 38.5 Å². The first-order valence-corrected chi connectivity index (χ1v) is 4.88. The summed E-state index contributed by atoms with van der Waals surface area (Å²) in [7, 11) is 1.73. The maximum atomic E-state index is 11.3. The molecule has 1 saturated carbocycles. The maximum Gasteiger partial charge on any atom is 0.222 e. The van der Waals surface area contributed by atoms with E-state index < -0.39 is 0 Å². The fourth-order valence-electron chi connectivity index (χ4n) is 1.77. The number of rotatable bonds is 1. The molecule has 0 aliphatic heterocycles. The van der Waals surface area contributed by atoms with E-state index in [2.05, 4.69) is 11.7 Å². The van der Waals surface area contributed by atoms with Gasteiger partial charge in [-0.3, -0.25) is 4.79 Å². The molecule has 0 heterocycles. The third-order valence-electron chi connectivity index (χ3n) is 2.54.